The van der Waals surface area contributed by atoms with E-state index in [2.05, 4.69) is 21.3 Å². The van der Waals surface area contributed by atoms with E-state index in [9.17, 15) is 28.8 Å². The molecule has 0 aliphatic heterocycles. The maximum absolute atomic E-state index is 13.4. The first-order valence-electron chi connectivity index (χ1n) is 15.9. The molecule has 15 nitrogen and oxygen atoms in total. The van der Waals surface area contributed by atoms with Crippen molar-refractivity contribution in [3.8, 4) is 5.75 Å². The molecule has 0 fully saturated rings. The summed E-state index contributed by atoms with van der Waals surface area (Å²) in [5.74, 6) is -3.19. The average Bonchev–Trinajstić information content (AvgIpc) is 3.02. The lowest BCUT2D eigenvalue weighted by atomic mass is 10.1. The van der Waals surface area contributed by atoms with E-state index < -0.39 is 61.0 Å². The highest BCUT2D eigenvalue weighted by Crippen LogP contribution is 2.13. The van der Waals surface area contributed by atoms with Gasteiger partial charge in [0.2, 0.25) is 11.8 Å². The van der Waals surface area contributed by atoms with Crippen molar-refractivity contribution in [2.45, 2.75) is 78.3 Å². The van der Waals surface area contributed by atoms with Gasteiger partial charge in [0.25, 0.3) is 5.91 Å². The molecule has 0 bridgehead atoms. The lowest BCUT2D eigenvalue weighted by molar-refractivity contribution is -0.149. The van der Waals surface area contributed by atoms with Gasteiger partial charge in [-0.05, 0) is 75.1 Å². The number of rotatable bonds is 23. The van der Waals surface area contributed by atoms with Crippen molar-refractivity contribution in [2.75, 3.05) is 39.5 Å². The van der Waals surface area contributed by atoms with E-state index in [0.29, 0.717) is 38.6 Å². The zero-order chi connectivity index (χ0) is 35.2. The van der Waals surface area contributed by atoms with Gasteiger partial charge in [-0.25, -0.2) is 14.4 Å². The predicted molar refractivity (Wildman–Crippen MR) is 173 cm³/mol. The van der Waals surface area contributed by atoms with Crippen molar-refractivity contribution in [1.29, 1.82) is 0 Å². The minimum atomic E-state index is -1.18. The lowest BCUT2D eigenvalue weighted by Gasteiger charge is -2.23. The van der Waals surface area contributed by atoms with E-state index in [1.807, 2.05) is 27.7 Å². The second kappa shape index (κ2) is 23.0. The van der Waals surface area contributed by atoms with Crippen LogP contribution in [0.4, 0.5) is 4.79 Å². The Morgan fingerprint density at radius 3 is 2.15 bits per heavy atom. The van der Waals surface area contributed by atoms with Crippen molar-refractivity contribution in [3.63, 3.8) is 0 Å². The number of unbranched alkanes of at least 4 members (excludes halogenated alkanes) is 2. The minimum absolute atomic E-state index is 0.0950. The molecule has 0 unspecified atom stereocenters. The smallest absolute Gasteiger partial charge is 0.407 e. The topological polar surface area (TPSA) is 224 Å². The molecule has 0 saturated carbocycles. The Balaban J connectivity index is 2.89. The number of carboxylic acid groups (broad SMARTS) is 1. The average molecular weight is 666 g/mol. The van der Waals surface area contributed by atoms with Crippen LogP contribution >= 0.6 is 0 Å². The van der Waals surface area contributed by atoms with Gasteiger partial charge in [0, 0.05) is 12.1 Å². The predicted octanol–water partition coefficient (Wildman–Crippen LogP) is 1.73. The van der Waals surface area contributed by atoms with Crippen LogP contribution in [0.2, 0.25) is 0 Å². The number of hydrogen-bond acceptors (Lipinski definition) is 10. The zero-order valence-corrected chi connectivity index (χ0v) is 27.8. The highest BCUT2D eigenvalue weighted by atomic mass is 16.5. The molecule has 47 heavy (non-hydrogen) atoms. The number of nitrogens with two attached hydrogens (primary N) is 1. The third-order valence-electron chi connectivity index (χ3n) is 6.36. The first-order chi connectivity index (χ1) is 22.3. The summed E-state index contributed by atoms with van der Waals surface area (Å²) in [6.07, 6.45) is 2.05. The molecule has 0 spiro atoms. The maximum Gasteiger partial charge on any atom is 0.407 e. The molecule has 4 amide bonds. The normalized spacial score (nSPS) is 12.1. The number of carbonyl (C=O) groups excluding carboxylic acids is 5. The number of nitrogens with one attached hydrogen (secondary N) is 4. The Labute approximate surface area is 276 Å². The van der Waals surface area contributed by atoms with Gasteiger partial charge in [-0.3, -0.25) is 14.4 Å². The molecule has 7 N–H and O–H groups in total. The fourth-order valence-corrected chi connectivity index (χ4v) is 3.97. The number of carboxylic acids is 1. The Morgan fingerprint density at radius 1 is 0.830 bits per heavy atom. The Bertz CT molecular complexity index is 1160. The summed E-state index contributed by atoms with van der Waals surface area (Å²) in [5.41, 5.74) is 5.73. The molecule has 1 rings (SSSR count). The first-order valence-corrected chi connectivity index (χ1v) is 15.9. The number of aliphatic carboxylic acids is 1. The van der Waals surface area contributed by atoms with Crippen molar-refractivity contribution >= 4 is 35.8 Å². The molecular weight excluding hydrogens is 614 g/mol. The van der Waals surface area contributed by atoms with Crippen molar-refractivity contribution in [1.82, 2.24) is 21.3 Å². The van der Waals surface area contributed by atoms with Crippen LogP contribution in [-0.4, -0.2) is 92.4 Å². The molecular formula is C32H51N5O10. The molecule has 0 aliphatic rings. The third-order valence-corrected chi connectivity index (χ3v) is 6.36. The first kappa shape index (κ1) is 40.6. The summed E-state index contributed by atoms with van der Waals surface area (Å²) in [5, 5.41) is 19.2. The van der Waals surface area contributed by atoms with Gasteiger partial charge in [-0.15, -0.1) is 0 Å². The monoisotopic (exact) mass is 665 g/mol. The van der Waals surface area contributed by atoms with Crippen LogP contribution in [0.1, 0.15) is 76.6 Å². The van der Waals surface area contributed by atoms with Crippen molar-refractivity contribution < 1.29 is 48.1 Å². The number of carbonyl (C=O) groups is 6. The fourth-order valence-electron chi connectivity index (χ4n) is 3.97. The lowest BCUT2D eigenvalue weighted by Crippen LogP contribution is -2.53. The largest absolute Gasteiger partial charge is 0.482 e. The quantitative estimate of drug-likeness (QED) is 0.0729. The van der Waals surface area contributed by atoms with Gasteiger partial charge in [0.05, 0.1) is 19.8 Å². The second-order valence-corrected chi connectivity index (χ2v) is 11.8. The van der Waals surface area contributed by atoms with Gasteiger partial charge in [0.15, 0.2) is 6.61 Å². The summed E-state index contributed by atoms with van der Waals surface area (Å²) in [7, 11) is 0. The van der Waals surface area contributed by atoms with E-state index in [4.69, 9.17) is 25.1 Å². The van der Waals surface area contributed by atoms with E-state index >= 15 is 0 Å². The Kier molecular flexibility index (Phi) is 19.9. The Hall–Kier alpha value is -4.40. The van der Waals surface area contributed by atoms with Gasteiger partial charge < -0.3 is 46.3 Å². The van der Waals surface area contributed by atoms with E-state index in [-0.39, 0.29) is 49.3 Å². The van der Waals surface area contributed by atoms with Crippen molar-refractivity contribution in [2.24, 2.45) is 17.6 Å². The van der Waals surface area contributed by atoms with Crippen LogP contribution < -0.4 is 31.7 Å². The van der Waals surface area contributed by atoms with Gasteiger partial charge in [-0.1, -0.05) is 33.8 Å². The number of alkyl carbamates (subject to hydrolysis) is 1. The summed E-state index contributed by atoms with van der Waals surface area (Å²) >= 11 is 0. The van der Waals surface area contributed by atoms with Crippen LogP contribution in [0.3, 0.4) is 0 Å². The van der Waals surface area contributed by atoms with Crippen LogP contribution in [0.25, 0.3) is 0 Å². The molecule has 15 heteroatoms. The summed E-state index contributed by atoms with van der Waals surface area (Å²) in [4.78, 5) is 74.3. The van der Waals surface area contributed by atoms with Crippen LogP contribution in [-0.2, 0) is 28.7 Å². The Morgan fingerprint density at radius 2 is 1.49 bits per heavy atom. The molecule has 0 heterocycles. The molecule has 264 valence electrons. The van der Waals surface area contributed by atoms with E-state index in [0.717, 1.165) is 0 Å². The number of ether oxygens (including phenoxy) is 3. The second-order valence-electron chi connectivity index (χ2n) is 11.8. The summed E-state index contributed by atoms with van der Waals surface area (Å²) in [6, 6.07) is 3.79. The highest BCUT2D eigenvalue weighted by Gasteiger charge is 2.27. The molecule has 1 aromatic carbocycles. The zero-order valence-electron chi connectivity index (χ0n) is 27.8. The number of benzene rings is 1. The minimum Gasteiger partial charge on any atom is -0.482 e. The van der Waals surface area contributed by atoms with Crippen molar-refractivity contribution in [3.05, 3.63) is 29.8 Å². The molecule has 1 aromatic rings. The number of hydrogen-bond donors (Lipinski definition) is 6. The SMILES string of the molecule is CC(C)COC(=O)NCCCC[C@H](NC(=O)CNC(=O)c1cccc(OCC(=O)O)c1)C(=O)N[C@@H](CCCCN)C(=O)OCC(C)C. The maximum atomic E-state index is 13.4. The van der Waals surface area contributed by atoms with E-state index in [1.165, 1.54) is 24.3 Å². The van der Waals surface area contributed by atoms with Crippen LogP contribution in [0, 0.1) is 11.8 Å². The van der Waals surface area contributed by atoms with Crippen LogP contribution in [0.15, 0.2) is 24.3 Å². The fraction of sp³-hybridized carbons (Fsp3) is 0.625. The molecule has 0 radical (unpaired) electrons. The van der Waals surface area contributed by atoms with Crippen LogP contribution in [0.5, 0.6) is 5.75 Å². The summed E-state index contributed by atoms with van der Waals surface area (Å²) < 4.78 is 15.5. The molecule has 2 atom stereocenters. The standard InChI is InChI=1S/C32H51N5O10/c1-21(2)18-46-31(43)26(13-5-7-14-33)37-30(42)25(12-6-8-15-34-32(44)47-19-22(3)4)36-27(38)17-35-29(41)23-10-9-11-24(16-23)45-20-28(39)40/h9-11,16,21-22,25-26H,5-8,12-15,17-20,33H2,1-4H3,(H,34,44)(H,35,41)(H,36,38)(H,37,42)(H,39,40)/t25-,26-/m0/s1. The van der Waals surface area contributed by atoms with Gasteiger partial charge in [-0.2, -0.15) is 0 Å². The molecule has 0 aliphatic carbocycles. The third kappa shape index (κ3) is 19.0. The number of amides is 4. The number of esters is 1. The highest BCUT2D eigenvalue weighted by molar-refractivity contribution is 5.97. The van der Waals surface area contributed by atoms with E-state index in [1.54, 1.807) is 0 Å². The van der Waals surface area contributed by atoms with Gasteiger partial charge in [0.1, 0.15) is 17.8 Å². The van der Waals surface area contributed by atoms with Gasteiger partial charge >= 0.3 is 18.0 Å². The molecule has 0 saturated heterocycles. The molecule has 0 aromatic heterocycles. The summed E-state index contributed by atoms with van der Waals surface area (Å²) in [6.45, 7) is 7.74.